The van der Waals surface area contributed by atoms with E-state index in [4.69, 9.17) is 4.98 Å². The minimum absolute atomic E-state index is 0.285. The summed E-state index contributed by atoms with van der Waals surface area (Å²) in [5.74, 6) is 1.17. The minimum atomic E-state index is 0.285. The third-order valence-corrected chi connectivity index (χ3v) is 4.98. The first-order chi connectivity index (χ1) is 12.2. The van der Waals surface area contributed by atoms with E-state index in [0.717, 1.165) is 31.5 Å². The van der Waals surface area contributed by atoms with E-state index in [1.807, 2.05) is 0 Å². The van der Waals surface area contributed by atoms with Gasteiger partial charge in [0.1, 0.15) is 5.82 Å². The molecule has 0 saturated carbocycles. The summed E-state index contributed by atoms with van der Waals surface area (Å²) in [4.78, 5) is 4.99. The van der Waals surface area contributed by atoms with Gasteiger partial charge in [-0.25, -0.2) is 4.98 Å². The van der Waals surface area contributed by atoms with Crippen LogP contribution in [0.25, 0.3) is 11.3 Å². The molecular formula is C22H29N3. The molecule has 0 bridgehead atoms. The lowest BCUT2D eigenvalue weighted by Gasteiger charge is -2.32. The maximum Gasteiger partial charge on any atom is 0.127 e. The van der Waals surface area contributed by atoms with E-state index >= 15 is 0 Å². The fraction of sp³-hybridized carbons (Fsp3) is 0.409. The second kappa shape index (κ2) is 8.30. The van der Waals surface area contributed by atoms with E-state index in [1.54, 1.807) is 0 Å². The molecule has 1 aliphatic rings. The average molecular weight is 335 g/mol. The van der Waals surface area contributed by atoms with Crippen LogP contribution in [0.4, 0.5) is 0 Å². The highest BCUT2D eigenvalue weighted by Crippen LogP contribution is 2.30. The van der Waals surface area contributed by atoms with Gasteiger partial charge in [0, 0.05) is 24.3 Å². The largest absolute Gasteiger partial charge is 0.331 e. The van der Waals surface area contributed by atoms with E-state index in [2.05, 4.69) is 85.4 Å². The number of aromatic nitrogens is 2. The summed E-state index contributed by atoms with van der Waals surface area (Å²) >= 11 is 0. The molecule has 2 atom stereocenters. The predicted octanol–water partition coefficient (Wildman–Crippen LogP) is 5.28. The lowest BCUT2D eigenvalue weighted by atomic mass is 9.99. The first-order valence-electron chi connectivity index (χ1n) is 9.44. The van der Waals surface area contributed by atoms with Crippen LogP contribution < -0.4 is 5.32 Å². The van der Waals surface area contributed by atoms with Crippen molar-refractivity contribution in [1.82, 2.24) is 14.9 Å². The zero-order valence-corrected chi connectivity index (χ0v) is 15.6. The third kappa shape index (κ3) is 4.10. The summed E-state index contributed by atoms with van der Waals surface area (Å²) in [6.07, 6.45) is 11.9. The Labute approximate surface area is 151 Å². The van der Waals surface area contributed by atoms with Crippen molar-refractivity contribution >= 4 is 0 Å². The van der Waals surface area contributed by atoms with Crippen LogP contribution in [0.3, 0.4) is 0 Å². The van der Waals surface area contributed by atoms with Crippen LogP contribution in [0.15, 0.2) is 60.3 Å². The van der Waals surface area contributed by atoms with Gasteiger partial charge in [0.15, 0.2) is 0 Å². The van der Waals surface area contributed by atoms with Crippen molar-refractivity contribution in [2.45, 2.75) is 58.7 Å². The van der Waals surface area contributed by atoms with Crippen LogP contribution in [-0.4, -0.2) is 15.6 Å². The normalized spacial score (nSPS) is 20.8. The molecule has 1 aromatic heterocycles. The highest BCUT2D eigenvalue weighted by atomic mass is 15.2. The van der Waals surface area contributed by atoms with Crippen molar-refractivity contribution in [2.24, 2.45) is 0 Å². The minimum Gasteiger partial charge on any atom is -0.331 e. The number of hydrogen-bond donors (Lipinski definition) is 1. The standard InChI is InChI=1S/C22H29N3/c1-4-7-11-17(5-2)14-20-22-24-21(18-12-9-8-10-13-18)16-25(22)15-19(6-3)23-20/h4,7-13,16,19-20,23H,5-6,14-15H2,1-3H3/b7-4-,17-11+. The van der Waals surface area contributed by atoms with Gasteiger partial charge in [-0.1, -0.05) is 68.0 Å². The van der Waals surface area contributed by atoms with Gasteiger partial charge >= 0.3 is 0 Å². The highest BCUT2D eigenvalue weighted by molar-refractivity contribution is 5.58. The Hall–Kier alpha value is -2.13. The maximum atomic E-state index is 4.99. The molecule has 2 aromatic rings. The van der Waals surface area contributed by atoms with Crippen LogP contribution >= 0.6 is 0 Å². The summed E-state index contributed by atoms with van der Waals surface area (Å²) in [5, 5.41) is 3.82. The van der Waals surface area contributed by atoms with Crippen molar-refractivity contribution in [3.05, 3.63) is 66.2 Å². The number of nitrogens with zero attached hydrogens (tertiary/aromatic N) is 2. The molecule has 0 fully saturated rings. The van der Waals surface area contributed by atoms with Crippen molar-refractivity contribution in [3.8, 4) is 11.3 Å². The fourth-order valence-corrected chi connectivity index (χ4v) is 3.47. The Morgan fingerprint density at radius 2 is 2.08 bits per heavy atom. The van der Waals surface area contributed by atoms with Gasteiger partial charge < -0.3 is 9.88 Å². The molecule has 0 saturated heterocycles. The van der Waals surface area contributed by atoms with E-state index in [1.165, 1.54) is 17.0 Å². The van der Waals surface area contributed by atoms with E-state index in [9.17, 15) is 0 Å². The first kappa shape index (κ1) is 17.7. The molecule has 25 heavy (non-hydrogen) atoms. The van der Waals surface area contributed by atoms with E-state index in [-0.39, 0.29) is 6.04 Å². The van der Waals surface area contributed by atoms with Crippen molar-refractivity contribution in [3.63, 3.8) is 0 Å². The quantitative estimate of drug-likeness (QED) is 0.728. The number of imidazole rings is 1. The topological polar surface area (TPSA) is 29.9 Å². The lowest BCUT2D eigenvalue weighted by molar-refractivity contribution is 0.316. The Morgan fingerprint density at radius 1 is 1.28 bits per heavy atom. The Balaban J connectivity index is 1.91. The SMILES string of the molecule is C/C=C\C=C(/CC)CC1NC(CC)Cn2cc(-c3ccccc3)nc21. The summed E-state index contributed by atoms with van der Waals surface area (Å²) < 4.78 is 2.36. The van der Waals surface area contributed by atoms with Crippen molar-refractivity contribution in [1.29, 1.82) is 0 Å². The predicted molar refractivity (Wildman–Crippen MR) is 105 cm³/mol. The van der Waals surface area contributed by atoms with E-state index < -0.39 is 0 Å². The van der Waals surface area contributed by atoms with Gasteiger partial charge in [0.25, 0.3) is 0 Å². The second-order valence-corrected chi connectivity index (χ2v) is 6.74. The second-order valence-electron chi connectivity index (χ2n) is 6.74. The van der Waals surface area contributed by atoms with Crippen molar-refractivity contribution < 1.29 is 0 Å². The van der Waals surface area contributed by atoms with Crippen molar-refractivity contribution in [2.75, 3.05) is 0 Å². The molecular weight excluding hydrogens is 306 g/mol. The van der Waals surface area contributed by atoms with Gasteiger partial charge in [0.05, 0.1) is 11.7 Å². The molecule has 3 heteroatoms. The van der Waals surface area contributed by atoms with Gasteiger partial charge in [-0.3, -0.25) is 0 Å². The van der Waals surface area contributed by atoms with Crippen LogP contribution in [0.5, 0.6) is 0 Å². The van der Waals surface area contributed by atoms with Gasteiger partial charge in [-0.2, -0.15) is 0 Å². The lowest BCUT2D eigenvalue weighted by Crippen LogP contribution is -2.42. The summed E-state index contributed by atoms with van der Waals surface area (Å²) in [6, 6.07) is 11.3. The number of hydrogen-bond acceptors (Lipinski definition) is 2. The summed E-state index contributed by atoms with van der Waals surface area (Å²) in [6.45, 7) is 7.55. The molecule has 0 spiro atoms. The van der Waals surface area contributed by atoms with Gasteiger partial charge in [0.2, 0.25) is 0 Å². The monoisotopic (exact) mass is 335 g/mol. The smallest absolute Gasteiger partial charge is 0.127 e. The molecule has 1 aliphatic heterocycles. The molecule has 132 valence electrons. The zero-order chi connectivity index (χ0) is 17.6. The summed E-state index contributed by atoms with van der Waals surface area (Å²) in [7, 11) is 0. The number of rotatable bonds is 6. The Morgan fingerprint density at radius 3 is 2.76 bits per heavy atom. The molecule has 0 aliphatic carbocycles. The summed E-state index contributed by atoms with van der Waals surface area (Å²) in [5.41, 5.74) is 3.73. The van der Waals surface area contributed by atoms with Crippen LogP contribution in [0, 0.1) is 0 Å². The fourth-order valence-electron chi connectivity index (χ4n) is 3.47. The molecule has 1 aromatic carbocycles. The Bertz CT molecular complexity index is 740. The maximum absolute atomic E-state index is 4.99. The molecule has 0 radical (unpaired) electrons. The molecule has 2 unspecified atom stereocenters. The number of allylic oxidation sites excluding steroid dienone is 3. The zero-order valence-electron chi connectivity index (χ0n) is 15.6. The number of fused-ring (bicyclic) bond motifs is 1. The third-order valence-electron chi connectivity index (χ3n) is 4.98. The van der Waals surface area contributed by atoms with Crippen LogP contribution in [-0.2, 0) is 6.54 Å². The molecule has 1 N–H and O–H groups in total. The highest BCUT2D eigenvalue weighted by Gasteiger charge is 2.28. The van der Waals surface area contributed by atoms with Gasteiger partial charge in [-0.15, -0.1) is 0 Å². The number of benzene rings is 1. The van der Waals surface area contributed by atoms with Crippen LogP contribution in [0.1, 0.15) is 51.9 Å². The molecule has 3 rings (SSSR count). The van der Waals surface area contributed by atoms with Crippen LogP contribution in [0.2, 0.25) is 0 Å². The van der Waals surface area contributed by atoms with E-state index in [0.29, 0.717) is 6.04 Å². The average Bonchev–Trinajstić information content (AvgIpc) is 3.10. The molecule has 3 nitrogen and oxygen atoms in total. The number of nitrogens with one attached hydrogen (secondary N) is 1. The molecule has 2 heterocycles. The molecule has 0 amide bonds. The van der Waals surface area contributed by atoms with Gasteiger partial charge in [-0.05, 0) is 26.2 Å². The first-order valence-corrected chi connectivity index (χ1v) is 9.44. The Kier molecular flexibility index (Phi) is 5.87.